The molecule has 0 unspecified atom stereocenters. The normalized spacial score (nSPS) is 10.7. The third kappa shape index (κ3) is 10.0. The van der Waals surface area contributed by atoms with Crippen LogP contribution in [-0.4, -0.2) is 14.9 Å². The van der Waals surface area contributed by atoms with E-state index >= 15 is 0 Å². The predicted octanol–water partition coefficient (Wildman–Crippen LogP) is 4.30. The van der Waals surface area contributed by atoms with Gasteiger partial charge in [0.1, 0.15) is 0 Å². The summed E-state index contributed by atoms with van der Waals surface area (Å²) in [6, 6.07) is 0. The van der Waals surface area contributed by atoms with Crippen LogP contribution in [0.5, 0.6) is 0 Å². The molecular formula is C14H26OSi. The zero-order valence-corrected chi connectivity index (χ0v) is 12.1. The molecule has 0 aromatic carbocycles. The highest BCUT2D eigenvalue weighted by molar-refractivity contribution is 6.76. The van der Waals surface area contributed by atoms with Gasteiger partial charge in [0, 0.05) is 19.4 Å². The van der Waals surface area contributed by atoms with Crippen molar-refractivity contribution in [2.45, 2.75) is 58.5 Å². The predicted molar refractivity (Wildman–Crippen MR) is 74.8 cm³/mol. The van der Waals surface area contributed by atoms with Gasteiger partial charge in [-0.1, -0.05) is 31.9 Å². The highest BCUT2D eigenvalue weighted by atomic mass is 28.4. The zero-order chi connectivity index (χ0) is 12.3. The van der Waals surface area contributed by atoms with E-state index in [1.807, 2.05) is 5.70 Å². The van der Waals surface area contributed by atoms with Crippen molar-refractivity contribution in [1.82, 2.24) is 0 Å². The smallest absolute Gasteiger partial charge is 0.210 e. The molecule has 0 aromatic heterocycles. The van der Waals surface area contributed by atoms with Crippen molar-refractivity contribution in [2.24, 2.45) is 0 Å². The molecule has 0 rings (SSSR count). The fraction of sp³-hybridized carbons (Fsp3) is 0.714. The molecule has 0 atom stereocenters. The minimum atomic E-state index is -1.57. The molecule has 92 valence electrons. The summed E-state index contributed by atoms with van der Waals surface area (Å²) in [6.07, 6.45) is 7.10. The second kappa shape index (κ2) is 9.69. The van der Waals surface area contributed by atoms with E-state index in [1.54, 1.807) is 0 Å². The lowest BCUT2D eigenvalue weighted by atomic mass is 10.1. The molecule has 0 bridgehead atoms. The third-order valence-electron chi connectivity index (χ3n) is 2.47. The highest BCUT2D eigenvalue weighted by Crippen LogP contribution is 2.05. The van der Waals surface area contributed by atoms with Crippen LogP contribution in [0, 0.1) is 11.8 Å². The lowest BCUT2D eigenvalue weighted by Gasteiger charge is -2.16. The molecule has 0 heterocycles. The summed E-state index contributed by atoms with van der Waals surface area (Å²) in [5.74, 6) is 6.38. The molecule has 0 spiro atoms. The lowest BCUT2D eigenvalue weighted by Crippen LogP contribution is -2.27. The summed E-state index contributed by atoms with van der Waals surface area (Å²) >= 11 is 0. The van der Waals surface area contributed by atoms with Crippen molar-refractivity contribution < 1.29 is 4.43 Å². The van der Waals surface area contributed by atoms with Gasteiger partial charge in [0.25, 0.3) is 0 Å². The van der Waals surface area contributed by atoms with Crippen molar-refractivity contribution in [1.29, 1.82) is 0 Å². The number of hydrogen-bond donors (Lipinski definition) is 0. The number of rotatable bonds is 8. The second-order valence-corrected chi connectivity index (χ2v) is 8.47. The summed E-state index contributed by atoms with van der Waals surface area (Å²) in [7, 11) is -1.57. The first-order valence-electron chi connectivity index (χ1n) is 6.35. The molecule has 0 aliphatic rings. The Morgan fingerprint density at radius 1 is 1.12 bits per heavy atom. The van der Waals surface area contributed by atoms with Gasteiger partial charge in [-0.2, -0.15) is 0 Å². The SMILES string of the molecule is C=C[Si](C)(C)OCCC#CCCCCCC. The minimum Gasteiger partial charge on any atom is -0.413 e. The van der Waals surface area contributed by atoms with Crippen LogP contribution >= 0.6 is 0 Å². The standard InChI is InChI=1S/C14H26OSi/c1-5-7-8-9-10-11-12-13-14-15-16(3,4)6-2/h6H,2,5,7-10,13-14H2,1,3-4H3. The fourth-order valence-electron chi connectivity index (χ4n) is 1.24. The lowest BCUT2D eigenvalue weighted by molar-refractivity contribution is 0.324. The van der Waals surface area contributed by atoms with E-state index in [9.17, 15) is 0 Å². The molecule has 1 nitrogen and oxygen atoms in total. The molecule has 2 heteroatoms. The van der Waals surface area contributed by atoms with E-state index < -0.39 is 8.32 Å². The van der Waals surface area contributed by atoms with Gasteiger partial charge in [0.05, 0.1) is 0 Å². The highest BCUT2D eigenvalue weighted by Gasteiger charge is 2.15. The van der Waals surface area contributed by atoms with Crippen LogP contribution in [0.15, 0.2) is 12.3 Å². The maximum absolute atomic E-state index is 5.74. The Kier molecular flexibility index (Phi) is 9.37. The van der Waals surface area contributed by atoms with E-state index in [0.29, 0.717) is 0 Å². The Balaban J connectivity index is 3.38. The first kappa shape index (κ1) is 15.5. The summed E-state index contributed by atoms with van der Waals surface area (Å²) in [6.45, 7) is 11.1. The van der Waals surface area contributed by atoms with Gasteiger partial charge in [-0.25, -0.2) is 0 Å². The Bertz CT molecular complexity index is 235. The quantitative estimate of drug-likeness (QED) is 0.348. The van der Waals surface area contributed by atoms with Crippen LogP contribution in [0.1, 0.15) is 45.4 Å². The topological polar surface area (TPSA) is 9.23 Å². The van der Waals surface area contributed by atoms with Crippen molar-refractivity contribution in [3.05, 3.63) is 12.3 Å². The van der Waals surface area contributed by atoms with Crippen molar-refractivity contribution in [3.8, 4) is 11.8 Å². The first-order valence-corrected chi connectivity index (χ1v) is 9.34. The largest absolute Gasteiger partial charge is 0.413 e. The molecule has 0 N–H and O–H groups in total. The molecule has 0 amide bonds. The van der Waals surface area contributed by atoms with Crippen LogP contribution in [0.3, 0.4) is 0 Å². The molecule has 0 aromatic rings. The monoisotopic (exact) mass is 238 g/mol. The maximum atomic E-state index is 5.74. The van der Waals surface area contributed by atoms with Gasteiger partial charge < -0.3 is 4.43 Å². The van der Waals surface area contributed by atoms with Gasteiger partial charge >= 0.3 is 0 Å². The van der Waals surface area contributed by atoms with Crippen LogP contribution < -0.4 is 0 Å². The summed E-state index contributed by atoms with van der Waals surface area (Å²) < 4.78 is 5.74. The molecule has 0 saturated carbocycles. The Labute approximate surface area is 102 Å². The van der Waals surface area contributed by atoms with Crippen LogP contribution in [-0.2, 0) is 4.43 Å². The number of unbranched alkanes of at least 4 members (excludes halogenated alkanes) is 4. The van der Waals surface area contributed by atoms with E-state index in [1.165, 1.54) is 25.7 Å². The fourth-order valence-corrected chi connectivity index (χ4v) is 1.99. The molecule has 0 aliphatic carbocycles. The van der Waals surface area contributed by atoms with Crippen LogP contribution in [0.25, 0.3) is 0 Å². The molecule has 16 heavy (non-hydrogen) atoms. The van der Waals surface area contributed by atoms with E-state index in [2.05, 4.69) is 38.4 Å². The Morgan fingerprint density at radius 2 is 1.81 bits per heavy atom. The van der Waals surface area contributed by atoms with Gasteiger partial charge in [0.2, 0.25) is 8.32 Å². The van der Waals surface area contributed by atoms with Crippen LogP contribution in [0.4, 0.5) is 0 Å². The summed E-state index contributed by atoms with van der Waals surface area (Å²) in [5, 5.41) is 0. The molecular weight excluding hydrogens is 212 g/mol. The molecule has 0 aliphatic heterocycles. The molecule has 0 fully saturated rings. The first-order chi connectivity index (χ1) is 7.62. The van der Waals surface area contributed by atoms with Crippen LogP contribution in [0.2, 0.25) is 13.1 Å². The summed E-state index contributed by atoms with van der Waals surface area (Å²) in [4.78, 5) is 0. The van der Waals surface area contributed by atoms with E-state index in [4.69, 9.17) is 4.43 Å². The van der Waals surface area contributed by atoms with Crippen molar-refractivity contribution in [2.75, 3.05) is 6.61 Å². The average molecular weight is 238 g/mol. The van der Waals surface area contributed by atoms with Gasteiger partial charge in [-0.3, -0.25) is 0 Å². The zero-order valence-electron chi connectivity index (χ0n) is 11.1. The van der Waals surface area contributed by atoms with Crippen molar-refractivity contribution in [3.63, 3.8) is 0 Å². The van der Waals surface area contributed by atoms with Gasteiger partial charge in [0.15, 0.2) is 0 Å². The average Bonchev–Trinajstić information content (AvgIpc) is 2.27. The second-order valence-electron chi connectivity index (χ2n) is 4.57. The maximum Gasteiger partial charge on any atom is 0.210 e. The van der Waals surface area contributed by atoms with E-state index in [0.717, 1.165) is 19.4 Å². The van der Waals surface area contributed by atoms with E-state index in [-0.39, 0.29) is 0 Å². The number of hydrogen-bond acceptors (Lipinski definition) is 1. The van der Waals surface area contributed by atoms with Gasteiger partial charge in [-0.05, 0) is 19.5 Å². The Hall–Kier alpha value is -0.523. The summed E-state index contributed by atoms with van der Waals surface area (Å²) in [5.41, 5.74) is 1.96. The molecule has 0 radical (unpaired) electrons. The minimum absolute atomic E-state index is 0.757. The van der Waals surface area contributed by atoms with Gasteiger partial charge in [-0.15, -0.1) is 18.4 Å². The Morgan fingerprint density at radius 3 is 2.44 bits per heavy atom. The third-order valence-corrected chi connectivity index (χ3v) is 4.40. The molecule has 0 saturated heterocycles. The van der Waals surface area contributed by atoms with Crippen molar-refractivity contribution >= 4 is 8.32 Å².